The van der Waals surface area contributed by atoms with Crippen LogP contribution >= 0.6 is 0 Å². The highest BCUT2D eigenvalue weighted by atomic mass is 16.4. The highest BCUT2D eigenvalue weighted by molar-refractivity contribution is 5.87. The summed E-state index contributed by atoms with van der Waals surface area (Å²) < 4.78 is 0. The number of carbonyl (C=O) groups excluding carboxylic acids is 1. The second kappa shape index (κ2) is 5.92. The molecule has 6 nitrogen and oxygen atoms in total. The Morgan fingerprint density at radius 2 is 2.17 bits per heavy atom. The number of aliphatic carboxylic acids is 1. The van der Waals surface area contributed by atoms with Crippen LogP contribution in [-0.2, 0) is 22.6 Å². The van der Waals surface area contributed by atoms with Gasteiger partial charge in [-0.15, -0.1) is 0 Å². The van der Waals surface area contributed by atoms with Gasteiger partial charge < -0.3 is 10.0 Å². The molecule has 1 aliphatic rings. The molecule has 0 unspecified atom stereocenters. The Morgan fingerprint density at radius 1 is 1.42 bits per heavy atom. The van der Waals surface area contributed by atoms with E-state index in [2.05, 4.69) is 31.0 Å². The third-order valence-electron chi connectivity index (χ3n) is 4.40. The van der Waals surface area contributed by atoms with E-state index in [1.807, 2.05) is 17.0 Å². The Balaban J connectivity index is 2.06. The first-order valence-corrected chi connectivity index (χ1v) is 8.19. The Hall–Kier alpha value is -2.37. The van der Waals surface area contributed by atoms with E-state index in [-0.39, 0.29) is 17.7 Å². The summed E-state index contributed by atoms with van der Waals surface area (Å²) in [5.41, 5.74) is 3.00. The topological polar surface area (TPSA) is 86.3 Å². The number of H-pyrrole nitrogens is 1. The number of rotatable bonds is 3. The van der Waals surface area contributed by atoms with Crippen molar-refractivity contribution >= 4 is 22.8 Å². The van der Waals surface area contributed by atoms with Crippen LogP contribution in [0.4, 0.5) is 0 Å². The molecule has 0 spiro atoms. The summed E-state index contributed by atoms with van der Waals surface area (Å²) in [5.74, 6) is -1.52. The van der Waals surface area contributed by atoms with Crippen molar-refractivity contribution in [3.63, 3.8) is 0 Å². The molecule has 2 heterocycles. The van der Waals surface area contributed by atoms with E-state index < -0.39 is 11.9 Å². The second-order valence-corrected chi connectivity index (χ2v) is 7.79. The lowest BCUT2D eigenvalue weighted by Crippen LogP contribution is -2.40. The number of hydrogen-bond donors (Lipinski definition) is 2. The molecule has 1 aliphatic heterocycles. The van der Waals surface area contributed by atoms with Gasteiger partial charge in [0.2, 0.25) is 5.91 Å². The maximum absolute atomic E-state index is 12.9. The smallest absolute Gasteiger partial charge is 0.304 e. The fourth-order valence-electron chi connectivity index (χ4n) is 3.46. The van der Waals surface area contributed by atoms with Gasteiger partial charge in [0.15, 0.2) is 0 Å². The number of carbonyl (C=O) groups is 2. The van der Waals surface area contributed by atoms with Gasteiger partial charge in [-0.05, 0) is 29.0 Å². The van der Waals surface area contributed by atoms with Crippen LogP contribution in [0.25, 0.3) is 10.9 Å². The predicted molar refractivity (Wildman–Crippen MR) is 90.4 cm³/mol. The summed E-state index contributed by atoms with van der Waals surface area (Å²) >= 11 is 0. The Kier molecular flexibility index (Phi) is 4.07. The molecule has 0 saturated heterocycles. The lowest BCUT2D eigenvalue weighted by molar-refractivity contribution is -0.145. The first-order chi connectivity index (χ1) is 11.2. The minimum Gasteiger partial charge on any atom is -0.481 e. The van der Waals surface area contributed by atoms with E-state index >= 15 is 0 Å². The highest BCUT2D eigenvalue weighted by Gasteiger charge is 2.33. The standard InChI is InChI=1S/C18H23N3O3/c1-18(2,3)10-21-9-14-11(4-5-15-13(14)8-19-20-15)6-12(17(21)24)7-16(22)23/h4-5,8,12H,6-7,9-10H2,1-3H3,(H,19,20)(H,22,23)/t12-/m1/s1. The number of aromatic amines is 1. The van der Waals surface area contributed by atoms with Crippen molar-refractivity contribution in [2.45, 2.75) is 40.2 Å². The van der Waals surface area contributed by atoms with Gasteiger partial charge >= 0.3 is 5.97 Å². The first kappa shape index (κ1) is 16.5. The maximum Gasteiger partial charge on any atom is 0.304 e. The SMILES string of the molecule is CC(C)(C)CN1Cc2c(ccc3[nH]ncc23)C[C@H](CC(=O)O)C1=O. The lowest BCUT2D eigenvalue weighted by Gasteiger charge is -2.31. The van der Waals surface area contributed by atoms with E-state index in [1.54, 1.807) is 6.20 Å². The monoisotopic (exact) mass is 329 g/mol. The number of fused-ring (bicyclic) bond motifs is 3. The van der Waals surface area contributed by atoms with E-state index in [4.69, 9.17) is 0 Å². The molecule has 0 aliphatic carbocycles. The van der Waals surface area contributed by atoms with Gasteiger partial charge in [-0.1, -0.05) is 26.8 Å². The highest BCUT2D eigenvalue weighted by Crippen LogP contribution is 2.31. The molecule has 1 amide bonds. The molecule has 1 aromatic carbocycles. The van der Waals surface area contributed by atoms with E-state index in [9.17, 15) is 14.7 Å². The zero-order valence-electron chi connectivity index (χ0n) is 14.3. The largest absolute Gasteiger partial charge is 0.481 e. The molecule has 0 bridgehead atoms. The van der Waals surface area contributed by atoms with Crippen LogP contribution in [0.15, 0.2) is 18.3 Å². The number of hydrogen-bond acceptors (Lipinski definition) is 3. The molecule has 0 saturated carbocycles. The van der Waals surface area contributed by atoms with Gasteiger partial charge in [0.25, 0.3) is 0 Å². The van der Waals surface area contributed by atoms with Crippen LogP contribution in [0.1, 0.15) is 38.3 Å². The fourth-order valence-corrected chi connectivity index (χ4v) is 3.46. The molecule has 2 N–H and O–H groups in total. The van der Waals surface area contributed by atoms with Gasteiger partial charge in [0.1, 0.15) is 0 Å². The molecule has 3 rings (SSSR count). The number of aromatic nitrogens is 2. The van der Waals surface area contributed by atoms with Gasteiger partial charge in [0, 0.05) is 18.5 Å². The minimum atomic E-state index is -0.933. The zero-order valence-corrected chi connectivity index (χ0v) is 14.3. The average molecular weight is 329 g/mol. The zero-order chi connectivity index (χ0) is 17.5. The van der Waals surface area contributed by atoms with Crippen molar-refractivity contribution in [3.8, 4) is 0 Å². The van der Waals surface area contributed by atoms with Crippen LogP contribution in [0, 0.1) is 11.3 Å². The van der Waals surface area contributed by atoms with Gasteiger partial charge in [0.05, 0.1) is 24.1 Å². The number of carboxylic acid groups (broad SMARTS) is 1. The quantitative estimate of drug-likeness (QED) is 0.906. The summed E-state index contributed by atoms with van der Waals surface area (Å²) in [5, 5.41) is 17.3. The Morgan fingerprint density at radius 3 is 2.83 bits per heavy atom. The molecule has 1 atom stereocenters. The maximum atomic E-state index is 12.9. The van der Waals surface area contributed by atoms with E-state index in [0.29, 0.717) is 19.5 Å². The van der Waals surface area contributed by atoms with E-state index in [0.717, 1.165) is 22.0 Å². The number of nitrogens with zero attached hydrogens (tertiary/aromatic N) is 2. The van der Waals surface area contributed by atoms with Crippen molar-refractivity contribution in [1.29, 1.82) is 0 Å². The lowest BCUT2D eigenvalue weighted by atomic mass is 9.93. The van der Waals surface area contributed by atoms with Crippen LogP contribution < -0.4 is 0 Å². The average Bonchev–Trinajstić information content (AvgIpc) is 2.89. The van der Waals surface area contributed by atoms with Crippen LogP contribution in [0.2, 0.25) is 0 Å². The summed E-state index contributed by atoms with van der Waals surface area (Å²) in [6.45, 7) is 7.33. The summed E-state index contributed by atoms with van der Waals surface area (Å²) in [6.07, 6.45) is 2.11. The van der Waals surface area contributed by atoms with Crippen molar-refractivity contribution in [3.05, 3.63) is 29.5 Å². The number of nitrogens with one attached hydrogen (secondary N) is 1. The minimum absolute atomic E-state index is 0.0573. The normalized spacial score (nSPS) is 18.5. The second-order valence-electron chi connectivity index (χ2n) is 7.79. The van der Waals surface area contributed by atoms with Crippen LogP contribution in [-0.4, -0.2) is 38.6 Å². The third kappa shape index (κ3) is 3.27. The summed E-state index contributed by atoms with van der Waals surface area (Å²) in [6, 6.07) is 3.93. The predicted octanol–water partition coefficient (Wildman–Crippen LogP) is 2.58. The molecular formula is C18H23N3O3. The molecule has 0 fully saturated rings. The Labute approximate surface area is 140 Å². The van der Waals surface area contributed by atoms with E-state index in [1.165, 1.54) is 0 Å². The van der Waals surface area contributed by atoms with Gasteiger partial charge in [-0.3, -0.25) is 14.7 Å². The molecule has 1 aromatic heterocycles. The van der Waals surface area contributed by atoms with Crippen molar-refractivity contribution < 1.29 is 14.7 Å². The number of carboxylic acids is 1. The molecule has 128 valence electrons. The molecule has 0 radical (unpaired) electrons. The Bertz CT molecular complexity index is 788. The van der Waals surface area contributed by atoms with Crippen LogP contribution in [0.3, 0.4) is 0 Å². The first-order valence-electron chi connectivity index (χ1n) is 8.19. The molecular weight excluding hydrogens is 306 g/mol. The molecule has 2 aromatic rings. The number of amides is 1. The van der Waals surface area contributed by atoms with Gasteiger partial charge in [-0.2, -0.15) is 5.10 Å². The van der Waals surface area contributed by atoms with Crippen LogP contribution in [0.5, 0.6) is 0 Å². The van der Waals surface area contributed by atoms with Crippen molar-refractivity contribution in [1.82, 2.24) is 15.1 Å². The van der Waals surface area contributed by atoms with Crippen molar-refractivity contribution in [2.75, 3.05) is 6.54 Å². The fraction of sp³-hybridized carbons (Fsp3) is 0.500. The van der Waals surface area contributed by atoms with Gasteiger partial charge in [-0.25, -0.2) is 0 Å². The summed E-state index contributed by atoms with van der Waals surface area (Å²) in [7, 11) is 0. The van der Waals surface area contributed by atoms with Crippen molar-refractivity contribution in [2.24, 2.45) is 11.3 Å². The molecule has 24 heavy (non-hydrogen) atoms. The molecule has 6 heteroatoms. The summed E-state index contributed by atoms with van der Waals surface area (Å²) in [4.78, 5) is 26.0. The number of benzene rings is 1. The third-order valence-corrected chi connectivity index (χ3v) is 4.40.